The Morgan fingerprint density at radius 1 is 1.26 bits per heavy atom. The van der Waals surface area contributed by atoms with Crippen molar-refractivity contribution in [3.63, 3.8) is 0 Å². The summed E-state index contributed by atoms with van der Waals surface area (Å²) < 4.78 is 40.9. The molecule has 5 nitrogen and oxygen atoms in total. The summed E-state index contributed by atoms with van der Waals surface area (Å²) >= 11 is 0. The van der Waals surface area contributed by atoms with Crippen molar-refractivity contribution < 1.29 is 27.5 Å². The number of piperidine rings is 1. The maximum absolute atomic E-state index is 12.5. The number of halogens is 3. The van der Waals surface area contributed by atoms with E-state index in [1.807, 2.05) is 37.3 Å². The SMILES string of the molecule is C[C@H]1CC[C@H](c2ccc3cccnc3c2)N(C(=O)C(=O)OCC(F)(F)F)C1. The largest absolute Gasteiger partial charge is 0.449 e. The standard InChI is InChI=1S/C19H19F3N2O3/c1-12-4-7-16(14-6-5-13-3-2-8-23-15(13)9-14)24(10-12)17(25)18(26)27-11-19(20,21)22/h2-3,5-6,8-9,12,16H,4,7,10-11H2,1H3/t12-,16+/m0/s1. The minimum Gasteiger partial charge on any atom is -0.449 e. The van der Waals surface area contributed by atoms with Gasteiger partial charge in [0, 0.05) is 18.1 Å². The van der Waals surface area contributed by atoms with E-state index < -0.39 is 30.7 Å². The number of aromatic nitrogens is 1. The number of nitrogens with zero attached hydrogens (tertiary/aromatic N) is 2. The second-order valence-electron chi connectivity index (χ2n) is 6.80. The van der Waals surface area contributed by atoms with Crippen LogP contribution in [0.2, 0.25) is 0 Å². The van der Waals surface area contributed by atoms with Gasteiger partial charge in [-0.25, -0.2) is 4.79 Å². The van der Waals surface area contributed by atoms with E-state index in [4.69, 9.17) is 0 Å². The Hall–Kier alpha value is -2.64. The zero-order valence-electron chi connectivity index (χ0n) is 14.7. The third-order valence-electron chi connectivity index (χ3n) is 4.63. The van der Waals surface area contributed by atoms with Crippen LogP contribution in [-0.2, 0) is 14.3 Å². The lowest BCUT2D eigenvalue weighted by Gasteiger charge is -2.38. The van der Waals surface area contributed by atoms with Gasteiger partial charge in [-0.15, -0.1) is 0 Å². The van der Waals surface area contributed by atoms with Crippen molar-refractivity contribution in [1.29, 1.82) is 0 Å². The summed E-state index contributed by atoms with van der Waals surface area (Å²) in [6, 6.07) is 8.89. The molecule has 0 N–H and O–H groups in total. The predicted molar refractivity (Wildman–Crippen MR) is 91.6 cm³/mol. The monoisotopic (exact) mass is 380 g/mol. The third-order valence-corrected chi connectivity index (χ3v) is 4.63. The van der Waals surface area contributed by atoms with E-state index >= 15 is 0 Å². The molecular formula is C19H19F3N2O3. The molecule has 144 valence electrons. The van der Waals surface area contributed by atoms with Crippen molar-refractivity contribution in [2.24, 2.45) is 5.92 Å². The fraction of sp³-hybridized carbons (Fsp3) is 0.421. The van der Waals surface area contributed by atoms with E-state index in [2.05, 4.69) is 9.72 Å². The predicted octanol–water partition coefficient (Wildman–Crippen LogP) is 3.64. The average molecular weight is 380 g/mol. The molecule has 3 rings (SSSR count). The molecule has 0 aliphatic carbocycles. The van der Waals surface area contributed by atoms with Crippen LogP contribution >= 0.6 is 0 Å². The molecule has 1 aliphatic heterocycles. The molecule has 2 heterocycles. The summed E-state index contributed by atoms with van der Waals surface area (Å²) in [5, 5.41) is 0.938. The number of hydrogen-bond donors (Lipinski definition) is 0. The van der Waals surface area contributed by atoms with Gasteiger partial charge in [0.15, 0.2) is 6.61 Å². The highest BCUT2D eigenvalue weighted by molar-refractivity contribution is 6.32. The number of alkyl halides is 3. The molecular weight excluding hydrogens is 361 g/mol. The van der Waals surface area contributed by atoms with Crippen LogP contribution in [0, 0.1) is 5.92 Å². The van der Waals surface area contributed by atoms with Crippen LogP contribution in [0.5, 0.6) is 0 Å². The third kappa shape index (κ3) is 4.56. The number of esters is 1. The van der Waals surface area contributed by atoms with Crippen molar-refractivity contribution in [1.82, 2.24) is 9.88 Å². The number of ether oxygens (including phenoxy) is 1. The number of rotatable bonds is 2. The molecule has 1 aliphatic rings. The molecule has 1 fully saturated rings. The summed E-state index contributed by atoms with van der Waals surface area (Å²) in [4.78, 5) is 29.9. The van der Waals surface area contributed by atoms with Gasteiger partial charge in [0.25, 0.3) is 0 Å². The fourth-order valence-corrected chi connectivity index (χ4v) is 3.34. The quantitative estimate of drug-likeness (QED) is 0.590. The van der Waals surface area contributed by atoms with Gasteiger partial charge in [-0.3, -0.25) is 9.78 Å². The summed E-state index contributed by atoms with van der Waals surface area (Å²) in [5.74, 6) is -2.39. The zero-order chi connectivity index (χ0) is 19.6. The average Bonchev–Trinajstić information content (AvgIpc) is 2.64. The van der Waals surface area contributed by atoms with E-state index in [9.17, 15) is 22.8 Å². The van der Waals surface area contributed by atoms with E-state index in [1.54, 1.807) is 6.20 Å². The van der Waals surface area contributed by atoms with E-state index in [0.717, 1.165) is 22.9 Å². The molecule has 1 aromatic heterocycles. The number of fused-ring (bicyclic) bond motifs is 1. The van der Waals surface area contributed by atoms with E-state index in [0.29, 0.717) is 6.42 Å². The molecule has 0 unspecified atom stereocenters. The highest BCUT2D eigenvalue weighted by Gasteiger charge is 2.37. The Morgan fingerprint density at radius 2 is 2.04 bits per heavy atom. The van der Waals surface area contributed by atoms with Gasteiger partial charge in [0.1, 0.15) is 0 Å². The lowest BCUT2D eigenvalue weighted by Crippen LogP contribution is -2.45. The van der Waals surface area contributed by atoms with Gasteiger partial charge in [-0.1, -0.05) is 25.1 Å². The van der Waals surface area contributed by atoms with Crippen molar-refractivity contribution in [3.8, 4) is 0 Å². The molecule has 1 saturated heterocycles. The zero-order valence-corrected chi connectivity index (χ0v) is 14.7. The summed E-state index contributed by atoms with van der Waals surface area (Å²) in [5.41, 5.74) is 1.55. The number of likely N-dealkylation sites (tertiary alicyclic amines) is 1. The smallest absolute Gasteiger partial charge is 0.422 e. The van der Waals surface area contributed by atoms with Crippen molar-refractivity contribution >= 4 is 22.8 Å². The van der Waals surface area contributed by atoms with Gasteiger partial charge >= 0.3 is 18.1 Å². The second-order valence-corrected chi connectivity index (χ2v) is 6.80. The first kappa shape index (κ1) is 19.1. The number of hydrogen-bond acceptors (Lipinski definition) is 4. The van der Waals surface area contributed by atoms with E-state index in [-0.39, 0.29) is 12.5 Å². The minimum absolute atomic E-state index is 0.138. The van der Waals surface area contributed by atoms with Crippen LogP contribution < -0.4 is 0 Å². The molecule has 0 bridgehead atoms. The lowest BCUT2D eigenvalue weighted by molar-refractivity contribution is -0.190. The van der Waals surface area contributed by atoms with Crippen molar-refractivity contribution in [3.05, 3.63) is 42.1 Å². The normalized spacial score (nSPS) is 20.5. The second kappa shape index (κ2) is 7.54. The number of carbonyl (C=O) groups excluding carboxylic acids is 2. The highest BCUT2D eigenvalue weighted by Crippen LogP contribution is 2.34. The van der Waals surface area contributed by atoms with Crippen LogP contribution in [0.15, 0.2) is 36.5 Å². The molecule has 2 aromatic rings. The lowest BCUT2D eigenvalue weighted by atomic mass is 9.89. The van der Waals surface area contributed by atoms with Gasteiger partial charge < -0.3 is 9.64 Å². The van der Waals surface area contributed by atoms with Crippen LogP contribution in [0.4, 0.5) is 13.2 Å². The molecule has 1 aromatic carbocycles. The topological polar surface area (TPSA) is 59.5 Å². The molecule has 0 saturated carbocycles. The van der Waals surface area contributed by atoms with Crippen LogP contribution in [0.1, 0.15) is 31.4 Å². The summed E-state index contributed by atoms with van der Waals surface area (Å²) in [6.45, 7) is 0.440. The Balaban J connectivity index is 1.83. The van der Waals surface area contributed by atoms with Crippen LogP contribution in [0.3, 0.4) is 0 Å². The minimum atomic E-state index is -4.67. The maximum atomic E-state index is 12.5. The first-order chi connectivity index (χ1) is 12.7. The van der Waals surface area contributed by atoms with Gasteiger partial charge in [0.05, 0.1) is 11.6 Å². The number of amides is 1. The van der Waals surface area contributed by atoms with Crippen LogP contribution in [0.25, 0.3) is 10.9 Å². The number of pyridine rings is 1. The Bertz CT molecular complexity index is 853. The van der Waals surface area contributed by atoms with Gasteiger partial charge in [-0.05, 0) is 36.5 Å². The fourth-order valence-electron chi connectivity index (χ4n) is 3.34. The molecule has 1 amide bonds. The molecule has 0 radical (unpaired) electrons. The summed E-state index contributed by atoms with van der Waals surface area (Å²) in [6.07, 6.45) is -1.56. The maximum Gasteiger partial charge on any atom is 0.422 e. The Kier molecular flexibility index (Phi) is 5.34. The van der Waals surface area contributed by atoms with Crippen LogP contribution in [-0.4, -0.2) is 41.1 Å². The first-order valence-corrected chi connectivity index (χ1v) is 8.64. The van der Waals surface area contributed by atoms with Crippen molar-refractivity contribution in [2.45, 2.75) is 32.0 Å². The molecule has 27 heavy (non-hydrogen) atoms. The first-order valence-electron chi connectivity index (χ1n) is 8.64. The van der Waals surface area contributed by atoms with Gasteiger partial charge in [-0.2, -0.15) is 13.2 Å². The molecule has 2 atom stereocenters. The highest BCUT2D eigenvalue weighted by atomic mass is 19.4. The number of benzene rings is 1. The Morgan fingerprint density at radius 3 is 2.78 bits per heavy atom. The van der Waals surface area contributed by atoms with Gasteiger partial charge in [0.2, 0.25) is 0 Å². The Labute approximate surface area is 154 Å². The molecule has 8 heteroatoms. The van der Waals surface area contributed by atoms with E-state index in [1.165, 1.54) is 4.90 Å². The van der Waals surface area contributed by atoms with Crippen molar-refractivity contribution in [2.75, 3.05) is 13.2 Å². The number of carbonyl (C=O) groups is 2. The molecule has 0 spiro atoms. The summed E-state index contributed by atoms with van der Waals surface area (Å²) in [7, 11) is 0.